The second-order valence-corrected chi connectivity index (χ2v) is 7.94. The lowest BCUT2D eigenvalue weighted by molar-refractivity contribution is 0.00578. The normalized spacial score (nSPS) is 20.9. The third-order valence-electron chi connectivity index (χ3n) is 3.86. The molecule has 1 saturated heterocycles. The summed E-state index contributed by atoms with van der Waals surface area (Å²) in [4.78, 5) is 0. The van der Waals surface area contributed by atoms with Gasteiger partial charge in [-0.05, 0) is 59.6 Å². The Bertz CT molecular complexity index is 394. The molecule has 0 saturated carbocycles. The maximum atomic E-state index is 8.79. The van der Waals surface area contributed by atoms with Crippen molar-refractivity contribution in [2.24, 2.45) is 0 Å². The Morgan fingerprint density at radius 3 is 2.38 bits per heavy atom. The van der Waals surface area contributed by atoms with Crippen LogP contribution < -0.4 is 0 Å². The molecule has 4 nitrogen and oxygen atoms in total. The molecular formula is C14H24BNO3S2. The molecule has 0 aliphatic carbocycles. The van der Waals surface area contributed by atoms with Crippen molar-refractivity contribution in [1.29, 1.82) is 5.26 Å². The van der Waals surface area contributed by atoms with Crippen molar-refractivity contribution in [2.45, 2.75) is 70.2 Å². The lowest BCUT2D eigenvalue weighted by Gasteiger charge is -2.32. The fourth-order valence-electron chi connectivity index (χ4n) is 2.01. The zero-order valence-corrected chi connectivity index (χ0v) is 15.1. The van der Waals surface area contributed by atoms with Gasteiger partial charge in [0.1, 0.15) is 0 Å². The molecular weight excluding hydrogens is 305 g/mol. The molecule has 7 heteroatoms. The number of thioether (sulfide) groups is 1. The van der Waals surface area contributed by atoms with Crippen molar-refractivity contribution in [3.63, 3.8) is 0 Å². The van der Waals surface area contributed by atoms with Crippen LogP contribution in [0.5, 0.6) is 0 Å². The molecule has 118 valence electrons. The number of nitrogens with zero attached hydrogens (tertiary/aromatic N) is 1. The van der Waals surface area contributed by atoms with Crippen LogP contribution in [0, 0.1) is 11.3 Å². The first kappa shape index (κ1) is 18.8. The third kappa shape index (κ3) is 5.44. The Morgan fingerprint density at radius 1 is 1.33 bits per heavy atom. The molecule has 0 spiro atoms. The molecule has 0 aromatic heterocycles. The highest BCUT2D eigenvalue weighted by molar-refractivity contribution is 8.23. The molecule has 0 aromatic carbocycles. The van der Waals surface area contributed by atoms with Crippen molar-refractivity contribution >= 4 is 35.5 Å². The second kappa shape index (κ2) is 7.82. The highest BCUT2D eigenvalue weighted by atomic mass is 32.2. The van der Waals surface area contributed by atoms with Crippen molar-refractivity contribution in [3.8, 4) is 6.07 Å². The summed E-state index contributed by atoms with van der Waals surface area (Å²) in [6, 6.07) is 2.18. The van der Waals surface area contributed by atoms with E-state index in [-0.39, 0.29) is 23.6 Å². The van der Waals surface area contributed by atoms with Crippen LogP contribution in [-0.2, 0) is 14.0 Å². The molecule has 1 unspecified atom stereocenters. The first-order valence-corrected chi connectivity index (χ1v) is 8.56. The molecule has 1 fully saturated rings. The number of hydrogen-bond donors (Lipinski definition) is 0. The Morgan fingerprint density at radius 2 is 1.90 bits per heavy atom. The SMILES string of the molecule is CCOC(=S)SC(CCC#N)CB1OC(C)(C)C(C)(C)O1. The maximum Gasteiger partial charge on any atom is 0.458 e. The van der Waals surface area contributed by atoms with Gasteiger partial charge in [0.2, 0.25) is 4.38 Å². The van der Waals surface area contributed by atoms with Crippen molar-refractivity contribution < 1.29 is 14.0 Å². The summed E-state index contributed by atoms with van der Waals surface area (Å²) in [5.74, 6) is 0. The smallest absolute Gasteiger partial charge is 0.458 e. The zero-order chi connectivity index (χ0) is 16.1. The first-order chi connectivity index (χ1) is 9.71. The number of ether oxygens (including phenoxy) is 1. The van der Waals surface area contributed by atoms with Crippen LogP contribution in [0.4, 0.5) is 0 Å². The monoisotopic (exact) mass is 329 g/mol. The van der Waals surface area contributed by atoms with Gasteiger partial charge in [0.25, 0.3) is 0 Å². The predicted octanol–water partition coefficient (Wildman–Crippen LogP) is 3.81. The summed E-state index contributed by atoms with van der Waals surface area (Å²) in [6.07, 6.45) is 1.94. The molecule has 0 amide bonds. The van der Waals surface area contributed by atoms with Gasteiger partial charge in [-0.3, -0.25) is 0 Å². The summed E-state index contributed by atoms with van der Waals surface area (Å²) < 4.78 is 17.9. The standard InChI is InChI=1S/C14H24BNO3S2/c1-6-17-12(20)21-11(8-7-9-16)10-15-18-13(2,3)14(4,5)19-15/h11H,6-8,10H2,1-5H3. The van der Waals surface area contributed by atoms with Crippen molar-refractivity contribution in [1.82, 2.24) is 0 Å². The summed E-state index contributed by atoms with van der Waals surface area (Å²) in [5.41, 5.74) is -0.662. The molecule has 0 bridgehead atoms. The van der Waals surface area contributed by atoms with Crippen LogP contribution in [0.3, 0.4) is 0 Å². The fraction of sp³-hybridized carbons (Fsp3) is 0.857. The van der Waals surface area contributed by atoms with E-state index in [0.717, 1.165) is 6.42 Å². The average Bonchev–Trinajstić information content (AvgIpc) is 2.54. The van der Waals surface area contributed by atoms with Crippen LogP contribution in [0.1, 0.15) is 47.5 Å². The molecule has 0 aromatic rings. The van der Waals surface area contributed by atoms with E-state index in [0.29, 0.717) is 23.7 Å². The summed E-state index contributed by atoms with van der Waals surface area (Å²) >= 11 is 6.68. The minimum Gasteiger partial charge on any atom is -0.479 e. The fourth-order valence-corrected chi connectivity index (χ4v) is 3.49. The Balaban J connectivity index is 2.61. The lowest BCUT2D eigenvalue weighted by atomic mass is 9.82. The summed E-state index contributed by atoms with van der Waals surface area (Å²) in [5, 5.41) is 8.96. The summed E-state index contributed by atoms with van der Waals surface area (Å²) in [7, 11) is -0.268. The molecule has 1 rings (SSSR count). The van der Waals surface area contributed by atoms with Gasteiger partial charge in [-0.25, -0.2) is 0 Å². The molecule has 0 N–H and O–H groups in total. The highest BCUT2D eigenvalue weighted by Gasteiger charge is 2.51. The Kier molecular flexibility index (Phi) is 6.99. The molecule has 0 radical (unpaired) electrons. The minimum atomic E-state index is -0.331. The van der Waals surface area contributed by atoms with E-state index in [9.17, 15) is 0 Å². The maximum absolute atomic E-state index is 8.79. The van der Waals surface area contributed by atoms with E-state index in [1.54, 1.807) is 0 Å². The largest absolute Gasteiger partial charge is 0.479 e. The van der Waals surface area contributed by atoms with E-state index in [4.69, 9.17) is 31.5 Å². The quantitative estimate of drug-likeness (QED) is 0.546. The van der Waals surface area contributed by atoms with E-state index in [1.807, 2.05) is 34.6 Å². The zero-order valence-electron chi connectivity index (χ0n) is 13.5. The van der Waals surface area contributed by atoms with Gasteiger partial charge >= 0.3 is 7.12 Å². The molecule has 1 heterocycles. The van der Waals surface area contributed by atoms with E-state index in [2.05, 4.69) is 6.07 Å². The van der Waals surface area contributed by atoms with E-state index < -0.39 is 0 Å². The van der Waals surface area contributed by atoms with E-state index in [1.165, 1.54) is 11.8 Å². The van der Waals surface area contributed by atoms with Gasteiger partial charge < -0.3 is 14.0 Å². The highest BCUT2D eigenvalue weighted by Crippen LogP contribution is 2.39. The summed E-state index contributed by atoms with van der Waals surface area (Å²) in [6.45, 7) is 10.6. The number of nitriles is 1. The molecule has 21 heavy (non-hydrogen) atoms. The van der Waals surface area contributed by atoms with Crippen LogP contribution in [0.15, 0.2) is 0 Å². The third-order valence-corrected chi connectivity index (χ3v) is 5.34. The Hall–Kier alpha value is -0.285. The minimum absolute atomic E-state index is 0.165. The van der Waals surface area contributed by atoms with Gasteiger partial charge in [-0.1, -0.05) is 11.8 Å². The number of rotatable bonds is 6. The first-order valence-electron chi connectivity index (χ1n) is 7.28. The van der Waals surface area contributed by atoms with Crippen LogP contribution in [0.2, 0.25) is 6.32 Å². The number of hydrogen-bond acceptors (Lipinski definition) is 6. The molecule has 1 atom stereocenters. The predicted molar refractivity (Wildman–Crippen MR) is 91.3 cm³/mol. The topological polar surface area (TPSA) is 51.5 Å². The number of thiocarbonyl (C=S) groups is 1. The van der Waals surface area contributed by atoms with Crippen LogP contribution >= 0.6 is 24.0 Å². The van der Waals surface area contributed by atoms with E-state index >= 15 is 0 Å². The second-order valence-electron chi connectivity index (χ2n) is 6.04. The van der Waals surface area contributed by atoms with Crippen molar-refractivity contribution in [2.75, 3.05) is 6.61 Å². The van der Waals surface area contributed by atoms with Gasteiger partial charge in [0.15, 0.2) is 0 Å². The molecule has 1 aliphatic rings. The average molecular weight is 329 g/mol. The van der Waals surface area contributed by atoms with Crippen LogP contribution in [0.25, 0.3) is 0 Å². The van der Waals surface area contributed by atoms with Crippen molar-refractivity contribution in [3.05, 3.63) is 0 Å². The van der Waals surface area contributed by atoms with Gasteiger partial charge in [-0.15, -0.1) is 0 Å². The molecule has 1 aliphatic heterocycles. The van der Waals surface area contributed by atoms with Crippen LogP contribution in [-0.4, -0.2) is 34.6 Å². The van der Waals surface area contributed by atoms with Gasteiger partial charge in [0, 0.05) is 11.7 Å². The lowest BCUT2D eigenvalue weighted by Crippen LogP contribution is -2.41. The van der Waals surface area contributed by atoms with Gasteiger partial charge in [-0.2, -0.15) is 5.26 Å². The Labute approximate surface area is 138 Å². The van der Waals surface area contributed by atoms with Gasteiger partial charge in [0.05, 0.1) is 23.9 Å².